The molecule has 0 aliphatic rings. The highest BCUT2D eigenvalue weighted by Gasteiger charge is 2.07. The first-order valence-corrected chi connectivity index (χ1v) is 4.79. The van der Waals surface area contributed by atoms with Crippen molar-refractivity contribution in [2.45, 2.75) is 19.8 Å². The number of aliphatic carboxylic acids is 1. The summed E-state index contributed by atoms with van der Waals surface area (Å²) >= 11 is 0. The third kappa shape index (κ3) is 8.80. The minimum atomic E-state index is -0.823. The van der Waals surface area contributed by atoms with E-state index >= 15 is 0 Å². The van der Waals surface area contributed by atoms with Crippen LogP contribution in [0.25, 0.3) is 0 Å². The molecule has 1 atom stereocenters. The van der Waals surface area contributed by atoms with Crippen molar-refractivity contribution in [2.75, 3.05) is 13.2 Å². The lowest BCUT2D eigenvalue weighted by Crippen LogP contribution is -2.29. The van der Waals surface area contributed by atoms with Crippen LogP contribution in [0.2, 0.25) is 0 Å². The summed E-state index contributed by atoms with van der Waals surface area (Å²) in [6, 6.07) is 0. The molecular formula is C10H17NO4. The first kappa shape index (κ1) is 13.5. The highest BCUT2D eigenvalue weighted by Crippen LogP contribution is 2.03. The molecule has 5 nitrogen and oxygen atoms in total. The van der Waals surface area contributed by atoms with Crippen molar-refractivity contribution in [3.63, 3.8) is 0 Å². The number of carboxylic acid groups (broad SMARTS) is 1. The van der Waals surface area contributed by atoms with E-state index in [9.17, 15) is 9.59 Å². The maximum atomic E-state index is 10.9. The van der Waals surface area contributed by atoms with Gasteiger partial charge in [-0.15, -0.1) is 0 Å². The molecule has 5 heteroatoms. The van der Waals surface area contributed by atoms with Gasteiger partial charge in [0.15, 0.2) is 0 Å². The third-order valence-corrected chi connectivity index (χ3v) is 1.78. The van der Waals surface area contributed by atoms with Crippen LogP contribution >= 0.6 is 0 Å². The maximum absolute atomic E-state index is 10.9. The molecule has 0 aromatic heterocycles. The number of hydrogen-bond acceptors (Lipinski definition) is 3. The largest absolute Gasteiger partial charge is 0.481 e. The number of carbonyl (C=O) groups excluding carboxylic acids is 1. The Morgan fingerprint density at radius 2 is 2.27 bits per heavy atom. The Bertz CT molecular complexity index is 227. The average molecular weight is 215 g/mol. The standard InChI is InChI=1S/C10H17NO4/c1-3-6-15-10(14)11-7-8(2)4-5-9(12)13/h3,8H,1,4-7H2,2H3,(H,11,14)(H,12,13). The Morgan fingerprint density at radius 1 is 1.60 bits per heavy atom. The van der Waals surface area contributed by atoms with Gasteiger partial charge in [0.1, 0.15) is 6.61 Å². The predicted molar refractivity (Wildman–Crippen MR) is 55.6 cm³/mol. The smallest absolute Gasteiger partial charge is 0.407 e. The fourth-order valence-electron chi connectivity index (χ4n) is 0.915. The second-order valence-electron chi connectivity index (χ2n) is 3.31. The number of rotatable bonds is 7. The molecule has 1 unspecified atom stereocenters. The van der Waals surface area contributed by atoms with Gasteiger partial charge in [-0.2, -0.15) is 0 Å². The fourth-order valence-corrected chi connectivity index (χ4v) is 0.915. The number of nitrogens with one attached hydrogen (secondary N) is 1. The Kier molecular flexibility index (Phi) is 7.05. The van der Waals surface area contributed by atoms with Crippen LogP contribution in [0.3, 0.4) is 0 Å². The van der Waals surface area contributed by atoms with E-state index in [1.807, 2.05) is 6.92 Å². The minimum Gasteiger partial charge on any atom is -0.481 e. The quantitative estimate of drug-likeness (QED) is 0.629. The molecule has 15 heavy (non-hydrogen) atoms. The molecule has 0 spiro atoms. The molecule has 0 saturated carbocycles. The zero-order valence-corrected chi connectivity index (χ0v) is 8.86. The number of ether oxygens (including phenoxy) is 1. The van der Waals surface area contributed by atoms with Gasteiger partial charge in [0.25, 0.3) is 0 Å². The van der Waals surface area contributed by atoms with Crippen molar-refractivity contribution in [1.82, 2.24) is 5.32 Å². The van der Waals surface area contributed by atoms with Gasteiger partial charge in [-0.05, 0) is 12.3 Å². The fraction of sp³-hybridized carbons (Fsp3) is 0.600. The second-order valence-corrected chi connectivity index (χ2v) is 3.31. The Morgan fingerprint density at radius 3 is 2.80 bits per heavy atom. The Hall–Kier alpha value is -1.52. The summed E-state index contributed by atoms with van der Waals surface area (Å²) in [5, 5.41) is 11.0. The molecule has 0 radical (unpaired) electrons. The number of hydrogen-bond donors (Lipinski definition) is 2. The average Bonchev–Trinajstić information content (AvgIpc) is 2.20. The number of amides is 1. The van der Waals surface area contributed by atoms with Gasteiger partial charge < -0.3 is 15.2 Å². The summed E-state index contributed by atoms with van der Waals surface area (Å²) < 4.78 is 4.68. The first-order valence-electron chi connectivity index (χ1n) is 4.79. The molecule has 0 rings (SSSR count). The van der Waals surface area contributed by atoms with Crippen molar-refractivity contribution >= 4 is 12.1 Å². The summed E-state index contributed by atoms with van der Waals surface area (Å²) in [6.45, 7) is 5.87. The first-order chi connectivity index (χ1) is 7.06. The lowest BCUT2D eigenvalue weighted by molar-refractivity contribution is -0.137. The van der Waals surface area contributed by atoms with Gasteiger partial charge in [-0.1, -0.05) is 19.6 Å². The molecule has 0 aromatic rings. The van der Waals surface area contributed by atoms with E-state index in [0.717, 1.165) is 0 Å². The minimum absolute atomic E-state index is 0.116. The van der Waals surface area contributed by atoms with Crippen LogP contribution in [-0.4, -0.2) is 30.3 Å². The van der Waals surface area contributed by atoms with Crippen LogP contribution in [0.1, 0.15) is 19.8 Å². The van der Waals surface area contributed by atoms with Gasteiger partial charge in [0, 0.05) is 13.0 Å². The van der Waals surface area contributed by atoms with Gasteiger partial charge in [0.05, 0.1) is 0 Å². The lowest BCUT2D eigenvalue weighted by Gasteiger charge is -2.10. The molecule has 2 N–H and O–H groups in total. The zero-order chi connectivity index (χ0) is 11.7. The molecule has 1 amide bonds. The topological polar surface area (TPSA) is 75.6 Å². The summed E-state index contributed by atoms with van der Waals surface area (Å²) in [6.07, 6.45) is 1.63. The number of carboxylic acids is 1. The van der Waals surface area contributed by atoms with E-state index in [1.165, 1.54) is 6.08 Å². The summed E-state index contributed by atoms with van der Waals surface area (Å²) in [4.78, 5) is 21.2. The van der Waals surface area contributed by atoms with Gasteiger partial charge in [0.2, 0.25) is 0 Å². The van der Waals surface area contributed by atoms with Crippen LogP contribution in [0.5, 0.6) is 0 Å². The SMILES string of the molecule is C=CCOC(=O)NCC(C)CCC(=O)O. The van der Waals surface area contributed by atoms with Crippen LogP contribution in [-0.2, 0) is 9.53 Å². The van der Waals surface area contributed by atoms with Gasteiger partial charge >= 0.3 is 12.1 Å². The van der Waals surface area contributed by atoms with Crippen LogP contribution in [0.15, 0.2) is 12.7 Å². The predicted octanol–water partition coefficient (Wildman–Crippen LogP) is 1.40. The van der Waals surface area contributed by atoms with E-state index in [1.54, 1.807) is 0 Å². The Balaban J connectivity index is 3.52. The lowest BCUT2D eigenvalue weighted by atomic mass is 10.1. The highest BCUT2D eigenvalue weighted by molar-refractivity contribution is 5.67. The molecule has 0 heterocycles. The molecule has 0 bridgehead atoms. The highest BCUT2D eigenvalue weighted by atomic mass is 16.5. The van der Waals surface area contributed by atoms with Crippen molar-refractivity contribution in [1.29, 1.82) is 0 Å². The molecule has 0 saturated heterocycles. The number of carbonyl (C=O) groups is 2. The molecule has 0 fully saturated rings. The van der Waals surface area contributed by atoms with Crippen molar-refractivity contribution in [3.05, 3.63) is 12.7 Å². The van der Waals surface area contributed by atoms with Crippen molar-refractivity contribution in [2.24, 2.45) is 5.92 Å². The van der Waals surface area contributed by atoms with Gasteiger partial charge in [-0.3, -0.25) is 4.79 Å². The summed E-state index contributed by atoms with van der Waals surface area (Å²) in [7, 11) is 0. The monoisotopic (exact) mass is 215 g/mol. The summed E-state index contributed by atoms with van der Waals surface area (Å²) in [5.41, 5.74) is 0. The van der Waals surface area contributed by atoms with E-state index in [2.05, 4.69) is 16.6 Å². The Labute approximate surface area is 89.1 Å². The zero-order valence-electron chi connectivity index (χ0n) is 8.86. The van der Waals surface area contributed by atoms with E-state index < -0.39 is 12.1 Å². The van der Waals surface area contributed by atoms with Crippen LogP contribution in [0.4, 0.5) is 4.79 Å². The number of alkyl carbamates (subject to hydrolysis) is 1. The van der Waals surface area contributed by atoms with E-state index in [0.29, 0.717) is 13.0 Å². The molecule has 0 aromatic carbocycles. The van der Waals surface area contributed by atoms with Crippen molar-refractivity contribution < 1.29 is 19.4 Å². The normalized spacial score (nSPS) is 11.5. The summed E-state index contributed by atoms with van der Waals surface area (Å²) in [5.74, 6) is -0.700. The third-order valence-electron chi connectivity index (χ3n) is 1.78. The molecule has 0 aliphatic carbocycles. The van der Waals surface area contributed by atoms with Crippen molar-refractivity contribution in [3.8, 4) is 0 Å². The van der Waals surface area contributed by atoms with Crippen LogP contribution in [0, 0.1) is 5.92 Å². The molecule has 0 aliphatic heterocycles. The molecular weight excluding hydrogens is 198 g/mol. The second kappa shape index (κ2) is 7.84. The molecule has 86 valence electrons. The maximum Gasteiger partial charge on any atom is 0.407 e. The van der Waals surface area contributed by atoms with Crippen LogP contribution < -0.4 is 5.32 Å². The van der Waals surface area contributed by atoms with Gasteiger partial charge in [-0.25, -0.2) is 4.79 Å². The van der Waals surface area contributed by atoms with E-state index in [4.69, 9.17) is 5.11 Å². The van der Waals surface area contributed by atoms with E-state index in [-0.39, 0.29) is 18.9 Å².